The van der Waals surface area contributed by atoms with Crippen molar-refractivity contribution in [3.8, 4) is 11.5 Å². The Kier molecular flexibility index (Phi) is 7.55. The maximum atomic E-state index is 10.5. The molecule has 2 nitrogen and oxygen atoms in total. The summed E-state index contributed by atoms with van der Waals surface area (Å²) in [6.07, 6.45) is 1.68. The lowest BCUT2D eigenvalue weighted by molar-refractivity contribution is 0.0921. The zero-order chi connectivity index (χ0) is 17.4. The highest BCUT2D eigenvalue weighted by atomic mass is 28.3. The summed E-state index contributed by atoms with van der Waals surface area (Å²) in [4.78, 5) is 2.50. The molecule has 0 saturated carbocycles. The van der Waals surface area contributed by atoms with E-state index in [9.17, 15) is 5.11 Å². The van der Waals surface area contributed by atoms with Crippen molar-refractivity contribution in [3.63, 3.8) is 0 Å². The number of hydrogen-bond donors (Lipinski definition) is 1. The van der Waals surface area contributed by atoms with Crippen molar-refractivity contribution in [1.82, 2.24) is 4.90 Å². The van der Waals surface area contributed by atoms with E-state index in [4.69, 9.17) is 0 Å². The van der Waals surface area contributed by atoms with E-state index in [1.54, 1.807) is 0 Å². The fraction of sp³-hybridized carbons (Fsp3) is 0.619. The Labute approximate surface area is 149 Å². The van der Waals surface area contributed by atoms with E-state index in [1.165, 1.54) is 23.7 Å². The van der Waals surface area contributed by atoms with E-state index >= 15 is 0 Å². The highest BCUT2D eigenvalue weighted by molar-refractivity contribution is 6.87. The molecule has 0 unspecified atom stereocenters. The highest BCUT2D eigenvalue weighted by Crippen LogP contribution is 2.23. The standard InChI is InChI=1S/C21H33NOSi/c1-4-24(5-2,6-3)17-14-21(23)20-12-15-22(16-13-20)18-19-10-8-7-9-11-19/h7-11,20-21,23H,4-6,12-13,15-16,18H2,1-3H3/t21-/m0/s1. The van der Waals surface area contributed by atoms with Gasteiger partial charge in [-0.05, 0) is 55.5 Å². The van der Waals surface area contributed by atoms with Crippen LogP contribution in [-0.2, 0) is 6.54 Å². The van der Waals surface area contributed by atoms with Gasteiger partial charge in [-0.15, -0.1) is 5.54 Å². The third kappa shape index (κ3) is 5.21. The van der Waals surface area contributed by atoms with Gasteiger partial charge in [0.2, 0.25) is 0 Å². The molecule has 24 heavy (non-hydrogen) atoms. The minimum absolute atomic E-state index is 0.349. The molecule has 0 aliphatic carbocycles. The van der Waals surface area contributed by atoms with Gasteiger partial charge in [0.05, 0.1) is 0 Å². The minimum Gasteiger partial charge on any atom is -0.380 e. The van der Waals surface area contributed by atoms with Crippen molar-refractivity contribution in [2.75, 3.05) is 13.1 Å². The summed E-state index contributed by atoms with van der Waals surface area (Å²) in [7, 11) is -1.44. The predicted octanol–water partition coefficient (Wildman–Crippen LogP) is 4.31. The molecule has 1 fully saturated rings. The van der Waals surface area contributed by atoms with Crippen LogP contribution in [0.2, 0.25) is 18.1 Å². The summed E-state index contributed by atoms with van der Waals surface area (Å²) in [5.41, 5.74) is 4.93. The van der Waals surface area contributed by atoms with Crippen LogP contribution in [0, 0.1) is 17.4 Å². The molecule has 1 aromatic carbocycles. The van der Waals surface area contributed by atoms with Gasteiger partial charge in [-0.3, -0.25) is 4.90 Å². The van der Waals surface area contributed by atoms with E-state index < -0.39 is 14.2 Å². The number of aliphatic hydroxyl groups is 1. The molecule has 0 spiro atoms. The van der Waals surface area contributed by atoms with Crippen LogP contribution in [0.25, 0.3) is 0 Å². The molecule has 1 aliphatic heterocycles. The number of nitrogens with zero attached hydrogens (tertiary/aromatic N) is 1. The molecule has 0 aromatic heterocycles. The van der Waals surface area contributed by atoms with E-state index in [1.807, 2.05) is 0 Å². The second-order valence-electron chi connectivity index (χ2n) is 7.15. The molecule has 1 atom stereocenters. The second kappa shape index (κ2) is 9.41. The van der Waals surface area contributed by atoms with Crippen LogP contribution < -0.4 is 0 Å². The van der Waals surface area contributed by atoms with Gasteiger partial charge < -0.3 is 5.11 Å². The molecular formula is C21H33NOSi. The van der Waals surface area contributed by atoms with Gasteiger partial charge in [0, 0.05) is 6.54 Å². The van der Waals surface area contributed by atoms with Gasteiger partial charge in [-0.2, -0.15) is 0 Å². The van der Waals surface area contributed by atoms with Crippen molar-refractivity contribution >= 4 is 8.07 Å². The first-order chi connectivity index (χ1) is 11.6. The highest BCUT2D eigenvalue weighted by Gasteiger charge is 2.27. The van der Waals surface area contributed by atoms with Crippen LogP contribution >= 0.6 is 0 Å². The van der Waals surface area contributed by atoms with Crippen molar-refractivity contribution < 1.29 is 5.11 Å². The number of aliphatic hydroxyl groups excluding tert-OH is 1. The normalized spacial score (nSPS) is 18.0. The van der Waals surface area contributed by atoms with Gasteiger partial charge in [-0.25, -0.2) is 0 Å². The van der Waals surface area contributed by atoms with E-state index in [2.05, 4.69) is 67.5 Å². The summed E-state index contributed by atoms with van der Waals surface area (Å²) in [6.45, 7) is 9.95. The molecule has 0 radical (unpaired) electrons. The third-order valence-corrected chi connectivity index (χ3v) is 10.6. The Morgan fingerprint density at radius 2 is 1.67 bits per heavy atom. The molecule has 1 N–H and O–H groups in total. The Bertz CT molecular complexity index is 528. The van der Waals surface area contributed by atoms with Crippen molar-refractivity contribution in [2.45, 2.75) is 64.4 Å². The van der Waals surface area contributed by atoms with Gasteiger partial charge in [0.25, 0.3) is 0 Å². The fourth-order valence-corrected chi connectivity index (χ4v) is 6.11. The molecule has 0 bridgehead atoms. The number of hydrogen-bond acceptors (Lipinski definition) is 2. The van der Waals surface area contributed by atoms with Crippen molar-refractivity contribution in [1.29, 1.82) is 0 Å². The lowest BCUT2D eigenvalue weighted by atomic mass is 9.91. The maximum absolute atomic E-state index is 10.5. The number of likely N-dealkylation sites (tertiary alicyclic amines) is 1. The second-order valence-corrected chi connectivity index (χ2v) is 12.1. The van der Waals surface area contributed by atoms with Crippen LogP contribution in [0.4, 0.5) is 0 Å². The van der Waals surface area contributed by atoms with E-state index in [-0.39, 0.29) is 0 Å². The van der Waals surface area contributed by atoms with Gasteiger partial charge in [-0.1, -0.05) is 57.0 Å². The first-order valence-electron chi connectivity index (χ1n) is 9.59. The summed E-state index contributed by atoms with van der Waals surface area (Å²) >= 11 is 0. The Hall–Kier alpha value is -1.08. The summed E-state index contributed by atoms with van der Waals surface area (Å²) in [5, 5.41) is 10.5. The van der Waals surface area contributed by atoms with Gasteiger partial charge in [0.15, 0.2) is 0 Å². The summed E-state index contributed by atoms with van der Waals surface area (Å²) in [6, 6.07) is 14.3. The van der Waals surface area contributed by atoms with Crippen molar-refractivity contribution in [2.24, 2.45) is 5.92 Å². The van der Waals surface area contributed by atoms with Crippen LogP contribution in [0.3, 0.4) is 0 Å². The third-order valence-electron chi connectivity index (χ3n) is 5.84. The number of piperidine rings is 1. The first kappa shape index (κ1) is 19.2. The lowest BCUT2D eigenvalue weighted by Gasteiger charge is -2.33. The molecule has 3 heteroatoms. The molecular weight excluding hydrogens is 310 g/mol. The summed E-state index contributed by atoms with van der Waals surface area (Å²) < 4.78 is 0. The smallest absolute Gasteiger partial charge is 0.137 e. The van der Waals surface area contributed by atoms with E-state index in [0.717, 1.165) is 32.5 Å². The first-order valence-corrected chi connectivity index (χ1v) is 12.2. The Morgan fingerprint density at radius 1 is 1.08 bits per heavy atom. The van der Waals surface area contributed by atoms with Gasteiger partial charge >= 0.3 is 0 Å². The monoisotopic (exact) mass is 343 g/mol. The van der Waals surface area contributed by atoms with Crippen LogP contribution in [-0.4, -0.2) is 37.3 Å². The predicted molar refractivity (Wildman–Crippen MR) is 105 cm³/mol. The van der Waals surface area contributed by atoms with Gasteiger partial charge in [0.1, 0.15) is 14.2 Å². The zero-order valence-electron chi connectivity index (χ0n) is 15.6. The minimum atomic E-state index is -1.44. The Balaban J connectivity index is 1.86. The SMILES string of the molecule is CC[Si](C#C[C@H](O)C1CCN(Cc2ccccc2)CC1)(CC)CC. The zero-order valence-corrected chi connectivity index (χ0v) is 16.6. The molecule has 1 heterocycles. The number of benzene rings is 1. The van der Waals surface area contributed by atoms with Crippen LogP contribution in [0.5, 0.6) is 0 Å². The topological polar surface area (TPSA) is 23.5 Å². The molecule has 1 aromatic rings. The van der Waals surface area contributed by atoms with Crippen molar-refractivity contribution in [3.05, 3.63) is 35.9 Å². The molecule has 0 amide bonds. The van der Waals surface area contributed by atoms with E-state index in [0.29, 0.717) is 5.92 Å². The molecule has 2 rings (SSSR count). The lowest BCUT2D eigenvalue weighted by Crippen LogP contribution is -2.37. The maximum Gasteiger partial charge on any atom is 0.137 e. The Morgan fingerprint density at radius 3 is 2.21 bits per heavy atom. The summed E-state index contributed by atoms with van der Waals surface area (Å²) in [5.74, 6) is 3.61. The average molecular weight is 344 g/mol. The molecule has 1 aliphatic rings. The fourth-order valence-electron chi connectivity index (χ4n) is 3.63. The quantitative estimate of drug-likeness (QED) is 0.614. The van der Waals surface area contributed by atoms with Crippen LogP contribution in [0.1, 0.15) is 39.2 Å². The van der Waals surface area contributed by atoms with Crippen LogP contribution in [0.15, 0.2) is 30.3 Å². The molecule has 1 saturated heterocycles. The number of rotatable bonds is 6. The molecule has 132 valence electrons. The largest absolute Gasteiger partial charge is 0.380 e. The average Bonchev–Trinajstić information content (AvgIpc) is 2.64.